The van der Waals surface area contributed by atoms with Gasteiger partial charge in [-0.15, -0.1) is 0 Å². The van der Waals surface area contributed by atoms with Crippen LogP contribution in [0.2, 0.25) is 10.0 Å². The number of aromatic hydroxyl groups is 5. The number of rotatable bonds is 6. The zero-order chi connectivity index (χ0) is 64.0. The lowest BCUT2D eigenvalue weighted by atomic mass is 9.89. The molecule has 0 spiro atoms. The predicted molar refractivity (Wildman–Crippen MR) is 315 cm³/mol. The van der Waals surface area contributed by atoms with Crippen molar-refractivity contribution in [1.82, 2.24) is 31.9 Å². The van der Waals surface area contributed by atoms with Gasteiger partial charge in [0.25, 0.3) is 0 Å². The zero-order valence-electron chi connectivity index (χ0n) is 46.8. The van der Waals surface area contributed by atoms with Crippen molar-refractivity contribution in [3.63, 3.8) is 0 Å². The Kier molecular flexibility index (Phi) is 16.9. The van der Waals surface area contributed by atoms with E-state index in [9.17, 15) is 50.1 Å². The third-order valence-corrected chi connectivity index (χ3v) is 15.7. The summed E-state index contributed by atoms with van der Waals surface area (Å²) in [5, 5.41) is 93.8. The summed E-state index contributed by atoms with van der Waals surface area (Å²) >= 11 is 14.0. The number of carbonyl (C=O) groups is 7. The van der Waals surface area contributed by atoms with Crippen molar-refractivity contribution in [3.05, 3.63) is 164 Å². The van der Waals surface area contributed by atoms with Gasteiger partial charge in [-0.1, -0.05) is 47.5 Å². The molecular formula is C62H53Cl2N7O19. The van der Waals surface area contributed by atoms with E-state index < -0.39 is 135 Å². The minimum Gasteiger partial charge on any atom is -0.508 e. The van der Waals surface area contributed by atoms with Gasteiger partial charge in [-0.3, -0.25) is 28.8 Å². The number of phenolic OH excluding ortho intramolecular Hbond substituents is 5. The van der Waals surface area contributed by atoms with Crippen LogP contribution >= 0.6 is 23.2 Å². The summed E-state index contributed by atoms with van der Waals surface area (Å²) in [6, 6.07) is 9.09. The maximum atomic E-state index is 15.9. The van der Waals surface area contributed by atoms with Gasteiger partial charge < -0.3 is 97.1 Å². The highest BCUT2D eigenvalue weighted by Gasteiger charge is 2.41. The maximum absolute atomic E-state index is 15.9. The fourth-order valence-electron chi connectivity index (χ4n) is 10.7. The van der Waals surface area contributed by atoms with Gasteiger partial charge in [0.1, 0.15) is 89.2 Å². The molecule has 7 aromatic rings. The molecule has 6 amide bonds. The summed E-state index contributed by atoms with van der Waals surface area (Å²) in [6.45, 7) is 1.86. The molecule has 0 fully saturated rings. The van der Waals surface area contributed by atoms with Gasteiger partial charge in [-0.25, -0.2) is 4.79 Å². The van der Waals surface area contributed by atoms with Gasteiger partial charge in [0, 0.05) is 41.9 Å². The number of carboxylic acid groups (broad SMARTS) is 1. The summed E-state index contributed by atoms with van der Waals surface area (Å²) in [6.07, 6.45) is -2.45. The van der Waals surface area contributed by atoms with Crippen LogP contribution < -0.4 is 56.6 Å². The van der Waals surface area contributed by atoms with Gasteiger partial charge in [0.2, 0.25) is 41.2 Å². The number of fused-ring (bicyclic) bond motifs is 14. The number of hydrogen-bond donors (Lipinski definition) is 14. The second kappa shape index (κ2) is 24.9. The predicted octanol–water partition coefficient (Wildman–Crippen LogP) is 5.69. The summed E-state index contributed by atoms with van der Waals surface area (Å²) in [5.41, 5.74) is 4.66. The molecule has 17 bridgehead atoms. The Labute approximate surface area is 519 Å². The maximum Gasteiger partial charge on any atom is 0.330 e. The first kappa shape index (κ1) is 61.1. The van der Waals surface area contributed by atoms with Crippen LogP contribution in [0, 0.1) is 0 Å². The van der Waals surface area contributed by atoms with E-state index in [0.29, 0.717) is 5.56 Å². The van der Waals surface area contributed by atoms with E-state index >= 15 is 19.2 Å². The van der Waals surface area contributed by atoms with Crippen LogP contribution in [0.25, 0.3) is 11.1 Å². The number of nitrogens with two attached hydrogens (primary N) is 1. The molecule has 28 heteroatoms. The molecule has 13 rings (SSSR count). The van der Waals surface area contributed by atoms with E-state index in [-0.39, 0.29) is 104 Å². The van der Waals surface area contributed by atoms with Crippen LogP contribution in [0.4, 0.5) is 0 Å². The van der Waals surface area contributed by atoms with Crippen LogP contribution in [-0.4, -0.2) is 109 Å². The number of nitrogens with one attached hydrogen (secondary N) is 6. The quantitative estimate of drug-likeness (QED) is 0.0888. The standard InChI is InChI=1S/C62H53Cl2N7O19/c1-2-86-11-12-87-55-45-20-30-21-46(55)90-43-10-6-28(18-37(43)64)54(77)53-61(83)70-52(62(84)85)35-23-32(73)24-41(76)47(35)34-17-27(5-7-39(34)74)49(58(80)71-53)68-60(82)51(30)69-59(81)50-29-15-31(72)22-33(16-29)88-44-19-26(4-8-40(44)75)48(65)57(79)66-38(56(78)67-50)14-25-3-9-42(89-45)36(63)13-25/h3-10,13,15-24,38,48-54,72-77H,2,11-12,14,65H2,1H3,(H,66,79)(H,67,78)(H,68,82)(H,69,81)(H,70,83)(H,71,80)(H,84,85)/t38-,48+,49-,50+,51-,52+,53+,54-/m1/s1. The van der Waals surface area contributed by atoms with Gasteiger partial charge in [0.15, 0.2) is 29.0 Å². The molecule has 26 nitrogen and oxygen atoms in total. The lowest BCUT2D eigenvalue weighted by molar-refractivity contribution is -0.143. The molecule has 0 unspecified atom stereocenters. The Morgan fingerprint density at radius 3 is 1.83 bits per heavy atom. The molecule has 90 heavy (non-hydrogen) atoms. The lowest BCUT2D eigenvalue weighted by Crippen LogP contribution is -2.55. The number of carboxylic acids is 1. The second-order valence-corrected chi connectivity index (χ2v) is 21.9. The van der Waals surface area contributed by atoms with Gasteiger partial charge in [-0.05, 0) is 119 Å². The average Bonchev–Trinajstić information content (AvgIpc) is 1.07. The van der Waals surface area contributed by atoms with Crippen molar-refractivity contribution >= 4 is 64.6 Å². The molecule has 6 aliphatic heterocycles. The fraction of sp³-hybridized carbons (Fsp3) is 0.210. The molecule has 0 saturated carbocycles. The highest BCUT2D eigenvalue weighted by molar-refractivity contribution is 6.32. The van der Waals surface area contributed by atoms with Crippen molar-refractivity contribution in [3.8, 4) is 80.1 Å². The molecule has 0 radical (unpaired) electrons. The number of amides is 6. The Morgan fingerprint density at radius 2 is 1.16 bits per heavy atom. The zero-order valence-corrected chi connectivity index (χ0v) is 48.3. The second-order valence-electron chi connectivity index (χ2n) is 21.1. The fourth-order valence-corrected chi connectivity index (χ4v) is 11.2. The number of halogens is 2. The number of ether oxygens (including phenoxy) is 5. The highest BCUT2D eigenvalue weighted by atomic mass is 35.5. The lowest BCUT2D eigenvalue weighted by Gasteiger charge is -2.31. The molecule has 6 heterocycles. The van der Waals surface area contributed by atoms with E-state index in [2.05, 4.69) is 31.9 Å². The number of aliphatic hydroxyl groups is 1. The molecule has 464 valence electrons. The minimum atomic E-state index is -2.19. The molecule has 15 N–H and O–H groups in total. The number of hydrogen-bond acceptors (Lipinski definition) is 19. The van der Waals surface area contributed by atoms with Crippen LogP contribution in [0.5, 0.6) is 69.0 Å². The first-order valence-corrected chi connectivity index (χ1v) is 28.3. The molecule has 0 aromatic heterocycles. The third-order valence-electron chi connectivity index (χ3n) is 15.1. The van der Waals surface area contributed by atoms with Gasteiger partial charge in [0.05, 0.1) is 16.7 Å². The van der Waals surface area contributed by atoms with Crippen LogP contribution in [-0.2, 0) is 44.7 Å². The number of carbonyl (C=O) groups excluding carboxylic acids is 6. The van der Waals surface area contributed by atoms with E-state index in [1.807, 2.05) is 0 Å². The summed E-state index contributed by atoms with van der Waals surface area (Å²) in [5.74, 6) is -13.5. The van der Waals surface area contributed by atoms with Crippen molar-refractivity contribution in [2.45, 2.75) is 61.7 Å². The Hall–Kier alpha value is -10.5. The van der Waals surface area contributed by atoms with Crippen molar-refractivity contribution in [2.75, 3.05) is 19.8 Å². The van der Waals surface area contributed by atoms with E-state index in [1.165, 1.54) is 72.8 Å². The SMILES string of the molecule is CCOCCOc1c2cc3cc1Oc1ccc(cc1Cl)[C@@H](O)[C@@H]1NC(=O)[C@H](NC(=O)[C@@H]3NC(=O)[C@H]3NC(=O)[C@@H](Cc4ccc(c(Cl)c4)O2)NC(=O)[C@@H](N)c2ccc(O)c(c2)Oc2cc(O)cc3c2)c2ccc(O)c(c2)-c2c(O)cc(O)cc2[C@@H](C(=O)O)NC1=O. The van der Waals surface area contributed by atoms with E-state index in [1.54, 1.807) is 6.92 Å². The monoisotopic (exact) mass is 1270 g/mol. The molecule has 0 aliphatic carbocycles. The molecule has 0 saturated heterocycles. The van der Waals surface area contributed by atoms with Crippen molar-refractivity contribution in [2.24, 2.45) is 5.73 Å². The Balaban J connectivity index is 1.17. The molecule has 8 atom stereocenters. The Bertz CT molecular complexity index is 4130. The highest BCUT2D eigenvalue weighted by Crippen LogP contribution is 2.49. The van der Waals surface area contributed by atoms with Crippen LogP contribution in [0.15, 0.2) is 115 Å². The van der Waals surface area contributed by atoms with E-state index in [4.69, 9.17) is 52.6 Å². The van der Waals surface area contributed by atoms with Crippen molar-refractivity contribution < 1.29 is 93.0 Å². The van der Waals surface area contributed by atoms with Gasteiger partial charge in [-0.2, -0.15) is 0 Å². The largest absolute Gasteiger partial charge is 0.508 e. The van der Waals surface area contributed by atoms with E-state index in [0.717, 1.165) is 42.5 Å². The molecule has 7 aromatic carbocycles. The average molecular weight is 1270 g/mol. The van der Waals surface area contributed by atoms with Crippen LogP contribution in [0.3, 0.4) is 0 Å². The summed E-state index contributed by atoms with van der Waals surface area (Å²) in [7, 11) is 0. The smallest absolute Gasteiger partial charge is 0.330 e. The molecule has 6 aliphatic rings. The number of phenols is 5. The number of aliphatic hydroxyl groups excluding tert-OH is 1. The third kappa shape index (κ3) is 12.4. The summed E-state index contributed by atoms with van der Waals surface area (Å²) < 4.78 is 31.0. The molecular weight excluding hydrogens is 1220 g/mol. The van der Waals surface area contributed by atoms with Crippen LogP contribution in [0.1, 0.15) is 82.2 Å². The minimum absolute atomic E-state index is 0.00362. The normalized spacial score (nSPS) is 21.4. The first-order chi connectivity index (χ1) is 43.0. The number of benzene rings is 7. The first-order valence-electron chi connectivity index (χ1n) is 27.6. The van der Waals surface area contributed by atoms with Gasteiger partial charge >= 0.3 is 5.97 Å². The summed E-state index contributed by atoms with van der Waals surface area (Å²) in [4.78, 5) is 104. The number of aliphatic carboxylic acids is 1. The van der Waals surface area contributed by atoms with Crippen molar-refractivity contribution in [1.29, 1.82) is 0 Å². The Morgan fingerprint density at radius 1 is 0.556 bits per heavy atom. The topological polar surface area (TPSA) is 405 Å².